The third kappa shape index (κ3) is 6.65. The maximum atomic E-state index is 10.6. The van der Waals surface area contributed by atoms with Gasteiger partial charge < -0.3 is 20.5 Å². The van der Waals surface area contributed by atoms with E-state index in [2.05, 4.69) is 62.6 Å². The summed E-state index contributed by atoms with van der Waals surface area (Å²) in [6.07, 6.45) is 1.66. The van der Waals surface area contributed by atoms with Gasteiger partial charge in [0.2, 0.25) is 0 Å². The molecule has 0 unspecified atom stereocenters. The van der Waals surface area contributed by atoms with Gasteiger partial charge in [0.25, 0.3) is 0 Å². The number of nitrogens with two attached hydrogens (primary N) is 2. The third-order valence-corrected chi connectivity index (χ3v) is 5.76. The van der Waals surface area contributed by atoms with Crippen molar-refractivity contribution in [1.29, 1.82) is 0 Å². The summed E-state index contributed by atoms with van der Waals surface area (Å²) >= 11 is 0. The van der Waals surface area contributed by atoms with Crippen LogP contribution in [0.1, 0.15) is 57.8 Å². The lowest BCUT2D eigenvalue weighted by atomic mass is 9.79. The summed E-state index contributed by atoms with van der Waals surface area (Å²) in [6, 6.07) is 21.0. The number of ether oxygens (including phenoxy) is 1. The molecule has 1 saturated heterocycles. The zero-order valence-corrected chi connectivity index (χ0v) is 18.3. The average Bonchev–Trinajstić information content (AvgIpc) is 2.66. The fourth-order valence-electron chi connectivity index (χ4n) is 5.03. The van der Waals surface area contributed by atoms with E-state index in [-0.39, 0.29) is 17.2 Å². The van der Waals surface area contributed by atoms with Gasteiger partial charge in [-0.3, -0.25) is 0 Å². The van der Waals surface area contributed by atoms with Crippen LogP contribution in [0, 0.1) is 0 Å². The molecule has 4 heteroatoms. The molecule has 2 aromatic carbocycles. The summed E-state index contributed by atoms with van der Waals surface area (Å²) in [5.74, 6) is 0. The number of hydrogen-bond acceptors (Lipinski definition) is 2. The molecule has 1 atom stereocenters. The molecule has 1 fully saturated rings. The lowest BCUT2D eigenvalue weighted by Gasteiger charge is -2.41. The van der Waals surface area contributed by atoms with Gasteiger partial charge in [-0.1, -0.05) is 60.7 Å². The van der Waals surface area contributed by atoms with Crippen LogP contribution in [0.4, 0.5) is 0 Å². The summed E-state index contributed by atoms with van der Waals surface area (Å²) in [6.45, 7) is 10.3. The predicted molar refractivity (Wildman–Crippen MR) is 117 cm³/mol. The van der Waals surface area contributed by atoms with E-state index in [1.165, 1.54) is 0 Å². The Kier molecular flexibility index (Phi) is 7.12. The van der Waals surface area contributed by atoms with Crippen LogP contribution < -0.4 is 10.6 Å². The molecule has 4 nitrogen and oxygen atoms in total. The Morgan fingerprint density at radius 3 is 1.90 bits per heavy atom. The van der Waals surface area contributed by atoms with Crippen LogP contribution in [0.2, 0.25) is 0 Å². The van der Waals surface area contributed by atoms with Crippen LogP contribution in [0.3, 0.4) is 0 Å². The molecule has 3 rings (SSSR count). The number of aliphatic hydroxyl groups is 1. The fourth-order valence-corrected chi connectivity index (χ4v) is 5.03. The van der Waals surface area contributed by atoms with Crippen molar-refractivity contribution >= 4 is 0 Å². The molecule has 0 aliphatic carbocycles. The highest BCUT2D eigenvalue weighted by Crippen LogP contribution is 2.26. The quantitative estimate of drug-likeness (QED) is 0.637. The maximum Gasteiger partial charge on any atom is 0.126 e. The van der Waals surface area contributed by atoms with Gasteiger partial charge in [-0.05, 0) is 38.8 Å². The highest BCUT2D eigenvalue weighted by atomic mass is 16.5. The predicted octanol–water partition coefficient (Wildman–Crippen LogP) is 2.00. The topological polar surface area (TPSA) is 62.7 Å². The minimum Gasteiger partial charge on any atom is -0.385 e. The second-order valence-electron chi connectivity index (χ2n) is 9.95. The Labute approximate surface area is 175 Å². The molecule has 0 saturated carbocycles. The third-order valence-electron chi connectivity index (χ3n) is 5.76. The Bertz CT molecular complexity index is 690. The first-order valence-electron chi connectivity index (χ1n) is 10.8. The van der Waals surface area contributed by atoms with Gasteiger partial charge in [0.1, 0.15) is 18.8 Å². The SMILES string of the molecule is CC1(C)CC([NH2+]C[C@H](O)COC(c2ccccc2)c2ccccc2)CC(C)(C)[NH2+]1. The maximum absolute atomic E-state index is 10.6. The van der Waals surface area contributed by atoms with Crippen molar-refractivity contribution in [3.8, 4) is 0 Å². The van der Waals surface area contributed by atoms with E-state index in [0.717, 1.165) is 24.0 Å². The van der Waals surface area contributed by atoms with Gasteiger partial charge in [0.05, 0.1) is 36.6 Å². The summed E-state index contributed by atoms with van der Waals surface area (Å²) in [4.78, 5) is 0. The highest BCUT2D eigenvalue weighted by molar-refractivity contribution is 5.29. The highest BCUT2D eigenvalue weighted by Gasteiger charge is 2.43. The van der Waals surface area contributed by atoms with Crippen molar-refractivity contribution in [2.24, 2.45) is 0 Å². The number of piperidine rings is 1. The minimum absolute atomic E-state index is 0.158. The summed E-state index contributed by atoms with van der Waals surface area (Å²) in [5.41, 5.74) is 2.72. The smallest absolute Gasteiger partial charge is 0.126 e. The van der Waals surface area contributed by atoms with Gasteiger partial charge >= 0.3 is 0 Å². The first kappa shape index (κ1) is 22.0. The van der Waals surface area contributed by atoms with E-state index in [4.69, 9.17) is 4.74 Å². The van der Waals surface area contributed by atoms with Crippen LogP contribution in [0.15, 0.2) is 60.7 Å². The fraction of sp³-hybridized carbons (Fsp3) is 0.520. The van der Waals surface area contributed by atoms with Crippen molar-refractivity contribution in [2.75, 3.05) is 13.2 Å². The molecule has 5 N–H and O–H groups in total. The first-order chi connectivity index (χ1) is 13.7. The van der Waals surface area contributed by atoms with Crippen molar-refractivity contribution in [1.82, 2.24) is 0 Å². The molecule has 1 aliphatic heterocycles. The molecular weight excluding hydrogens is 360 g/mol. The van der Waals surface area contributed by atoms with Gasteiger partial charge in [-0.25, -0.2) is 0 Å². The van der Waals surface area contributed by atoms with Crippen LogP contribution in [-0.4, -0.2) is 41.5 Å². The normalized spacial score (nSPS) is 19.9. The molecule has 158 valence electrons. The van der Waals surface area contributed by atoms with Crippen molar-refractivity contribution in [3.63, 3.8) is 0 Å². The largest absolute Gasteiger partial charge is 0.385 e. The van der Waals surface area contributed by atoms with Crippen molar-refractivity contribution in [2.45, 2.75) is 69.9 Å². The molecule has 0 radical (unpaired) electrons. The first-order valence-corrected chi connectivity index (χ1v) is 10.8. The van der Waals surface area contributed by atoms with Gasteiger partial charge in [0.15, 0.2) is 0 Å². The summed E-state index contributed by atoms with van der Waals surface area (Å²) < 4.78 is 6.22. The molecule has 0 spiro atoms. The van der Waals surface area contributed by atoms with E-state index in [9.17, 15) is 5.11 Å². The number of quaternary nitrogens is 2. The molecule has 1 heterocycles. The van der Waals surface area contributed by atoms with Crippen LogP contribution >= 0.6 is 0 Å². The number of rotatable bonds is 8. The van der Waals surface area contributed by atoms with E-state index < -0.39 is 6.10 Å². The van der Waals surface area contributed by atoms with E-state index >= 15 is 0 Å². The minimum atomic E-state index is -0.484. The number of hydrogen-bond donors (Lipinski definition) is 3. The molecule has 0 bridgehead atoms. The van der Waals surface area contributed by atoms with Crippen LogP contribution in [0.25, 0.3) is 0 Å². The molecule has 29 heavy (non-hydrogen) atoms. The lowest BCUT2D eigenvalue weighted by molar-refractivity contribution is -0.814. The van der Waals surface area contributed by atoms with Gasteiger partial charge in [-0.15, -0.1) is 0 Å². The molecule has 0 amide bonds. The molecule has 1 aliphatic rings. The molecule has 2 aromatic rings. The Morgan fingerprint density at radius 1 is 0.931 bits per heavy atom. The Morgan fingerprint density at radius 2 is 1.41 bits per heavy atom. The molecule has 0 aromatic heterocycles. The van der Waals surface area contributed by atoms with Crippen LogP contribution in [0.5, 0.6) is 0 Å². The Hall–Kier alpha value is -1.72. The van der Waals surface area contributed by atoms with Gasteiger partial charge in [0, 0.05) is 0 Å². The van der Waals surface area contributed by atoms with E-state index in [0.29, 0.717) is 19.2 Å². The monoisotopic (exact) mass is 398 g/mol. The van der Waals surface area contributed by atoms with E-state index in [1.54, 1.807) is 0 Å². The zero-order valence-electron chi connectivity index (χ0n) is 18.3. The number of benzene rings is 2. The van der Waals surface area contributed by atoms with Crippen molar-refractivity contribution < 1.29 is 20.5 Å². The Balaban J connectivity index is 1.56. The van der Waals surface area contributed by atoms with Crippen LogP contribution in [-0.2, 0) is 4.74 Å². The average molecular weight is 399 g/mol. The second kappa shape index (κ2) is 9.40. The lowest BCUT2D eigenvalue weighted by Crippen LogP contribution is -3.09. The summed E-state index contributed by atoms with van der Waals surface area (Å²) in [5, 5.41) is 15.4. The standard InChI is InChI=1S/C25H36N2O2/c1-24(2)15-21(16-25(3,4)27-24)26-17-22(28)18-29-23(19-11-7-5-8-12-19)20-13-9-6-10-14-20/h5-14,21-23,26-28H,15-18H2,1-4H3/p+2/t22-/m0/s1. The second-order valence-corrected chi connectivity index (χ2v) is 9.95. The number of aliphatic hydroxyl groups excluding tert-OH is 1. The summed E-state index contributed by atoms with van der Waals surface area (Å²) in [7, 11) is 0. The molecular formula is C25H38N2O2+2. The zero-order chi connectivity index (χ0) is 20.9. The van der Waals surface area contributed by atoms with Crippen molar-refractivity contribution in [3.05, 3.63) is 71.8 Å². The van der Waals surface area contributed by atoms with E-state index in [1.807, 2.05) is 36.4 Å². The van der Waals surface area contributed by atoms with Gasteiger partial charge in [-0.2, -0.15) is 0 Å².